The number of thiazole rings is 1. The lowest BCUT2D eigenvalue weighted by atomic mass is 10.1. The number of ether oxygens (including phenoxy) is 3. The van der Waals surface area contributed by atoms with Crippen molar-refractivity contribution < 1.29 is 19.3 Å². The molecule has 4 N–H and O–H groups in total. The summed E-state index contributed by atoms with van der Waals surface area (Å²) in [5.41, 5.74) is 6.67. The zero-order valence-electron chi connectivity index (χ0n) is 17.2. The van der Waals surface area contributed by atoms with Gasteiger partial charge in [0.2, 0.25) is 6.41 Å². The van der Waals surface area contributed by atoms with Gasteiger partial charge in [-0.15, -0.1) is 24.0 Å². The van der Waals surface area contributed by atoms with Gasteiger partial charge in [0.15, 0.2) is 0 Å². The third-order valence-electron chi connectivity index (χ3n) is 4.47. The molecule has 7 nitrogen and oxygen atoms in total. The van der Waals surface area contributed by atoms with E-state index in [-0.39, 0.29) is 0 Å². The lowest BCUT2D eigenvalue weighted by molar-refractivity contribution is -0.192. The van der Waals surface area contributed by atoms with Gasteiger partial charge in [-0.2, -0.15) is 0 Å². The molecule has 1 unspecified atom stereocenters. The number of nitrogens with zero attached hydrogens (tertiary/aromatic N) is 1. The van der Waals surface area contributed by atoms with Crippen LogP contribution in [0.15, 0.2) is 41.3 Å². The van der Waals surface area contributed by atoms with E-state index in [0.717, 1.165) is 21.0 Å². The molecule has 9 heteroatoms. The Morgan fingerprint density at radius 3 is 2.73 bits per heavy atom. The van der Waals surface area contributed by atoms with Gasteiger partial charge < -0.3 is 25.1 Å². The second kappa shape index (κ2) is 9.84. The van der Waals surface area contributed by atoms with E-state index in [9.17, 15) is 5.11 Å². The number of benzene rings is 2. The van der Waals surface area contributed by atoms with Crippen molar-refractivity contribution in [3.05, 3.63) is 41.4 Å². The van der Waals surface area contributed by atoms with Crippen molar-refractivity contribution in [1.82, 2.24) is 10.3 Å². The Hall–Kier alpha value is -2.04. The summed E-state index contributed by atoms with van der Waals surface area (Å²) in [5, 5.41) is 14.1. The Morgan fingerprint density at radius 2 is 2.00 bits per heavy atom. The molecule has 0 radical (unpaired) electrons. The summed E-state index contributed by atoms with van der Waals surface area (Å²) in [6.07, 6.45) is -0.541. The average Bonchev–Trinajstić information content (AvgIpc) is 3.10. The fourth-order valence-electron chi connectivity index (χ4n) is 2.76. The number of nitrogen functional groups attached to an aromatic ring is 1. The van der Waals surface area contributed by atoms with E-state index >= 15 is 0 Å². The van der Waals surface area contributed by atoms with Crippen LogP contribution in [0.4, 0.5) is 5.69 Å². The minimum absolute atomic E-state index is 0.394. The molecule has 1 atom stereocenters. The Bertz CT molecular complexity index is 994. The lowest BCUT2D eigenvalue weighted by Gasteiger charge is -2.28. The van der Waals surface area contributed by atoms with Gasteiger partial charge in [0.25, 0.3) is 0 Å². The first-order valence-corrected chi connectivity index (χ1v) is 10.8. The summed E-state index contributed by atoms with van der Waals surface area (Å²) < 4.78 is 17.7. The van der Waals surface area contributed by atoms with E-state index in [0.29, 0.717) is 35.9 Å². The van der Waals surface area contributed by atoms with Gasteiger partial charge in [0, 0.05) is 17.0 Å². The first-order valence-electron chi connectivity index (χ1n) is 9.50. The third kappa shape index (κ3) is 6.23. The number of nitrogens with one attached hydrogen (secondary N) is 1. The molecule has 0 spiro atoms. The fraction of sp³-hybridized carbons (Fsp3) is 0.381. The summed E-state index contributed by atoms with van der Waals surface area (Å²) in [6, 6.07) is 11.1. The molecule has 1 aromatic heterocycles. The smallest absolute Gasteiger partial charge is 0.214 e. The van der Waals surface area contributed by atoms with Crippen molar-refractivity contribution in [3.63, 3.8) is 0 Å². The summed E-state index contributed by atoms with van der Waals surface area (Å²) >= 11 is 5.83. The highest BCUT2D eigenvalue weighted by Crippen LogP contribution is 2.27. The number of methoxy groups -OCH3 is 1. The maximum absolute atomic E-state index is 10.2. The zero-order chi connectivity index (χ0) is 21.7. The van der Waals surface area contributed by atoms with Crippen LogP contribution in [-0.2, 0) is 11.3 Å². The Kier molecular flexibility index (Phi) is 7.43. The second-order valence-corrected chi connectivity index (χ2v) is 8.97. The average molecular weight is 450 g/mol. The van der Waals surface area contributed by atoms with Crippen molar-refractivity contribution in [2.75, 3.05) is 19.5 Å². The summed E-state index contributed by atoms with van der Waals surface area (Å²) in [6.45, 7) is 4.62. The van der Waals surface area contributed by atoms with E-state index < -0.39 is 12.0 Å². The van der Waals surface area contributed by atoms with E-state index in [1.54, 1.807) is 36.6 Å². The first-order chi connectivity index (χ1) is 14.3. The van der Waals surface area contributed by atoms with Crippen LogP contribution in [0, 0.1) is 0 Å². The van der Waals surface area contributed by atoms with Gasteiger partial charge in [0.05, 0.1) is 36.1 Å². The molecule has 3 rings (SSSR count). The standard InChI is InChI=1S/C21H27N3O4S2/c1-21(2,8-9-27-14-4-6-15(22)17(29)10-14)28-20(25)23-12-19-24-16-7-5-13(26-3)11-18(16)30-19/h4-7,10-11,20,23,25,29H,8-9,12,22H2,1-3H3. The molecule has 0 saturated heterocycles. The normalized spacial score (nSPS) is 12.8. The third-order valence-corrected chi connectivity index (χ3v) is 5.88. The number of hydrogen-bond donors (Lipinski definition) is 4. The number of hydrogen-bond acceptors (Lipinski definition) is 9. The molecule has 0 aliphatic heterocycles. The number of thiol groups is 1. The van der Waals surface area contributed by atoms with Gasteiger partial charge >= 0.3 is 0 Å². The maximum Gasteiger partial charge on any atom is 0.214 e. The molecule has 0 aliphatic rings. The highest BCUT2D eigenvalue weighted by molar-refractivity contribution is 7.80. The molecule has 3 aromatic rings. The van der Waals surface area contributed by atoms with E-state index in [1.165, 1.54) is 0 Å². The van der Waals surface area contributed by atoms with E-state index in [4.69, 9.17) is 19.9 Å². The van der Waals surface area contributed by atoms with Crippen LogP contribution in [0.25, 0.3) is 10.2 Å². The Labute approximate surface area is 185 Å². The van der Waals surface area contributed by atoms with Crippen molar-refractivity contribution >= 4 is 39.9 Å². The molecular weight excluding hydrogens is 422 g/mol. The van der Waals surface area contributed by atoms with Crippen LogP contribution < -0.4 is 20.5 Å². The molecule has 0 saturated carbocycles. The van der Waals surface area contributed by atoms with E-state index in [1.807, 2.05) is 32.0 Å². The minimum Gasteiger partial charge on any atom is -0.497 e. The highest BCUT2D eigenvalue weighted by Gasteiger charge is 2.23. The molecule has 0 fully saturated rings. The fourth-order valence-corrected chi connectivity index (χ4v) is 3.91. The van der Waals surface area contributed by atoms with Crippen molar-refractivity contribution in [2.45, 2.75) is 43.7 Å². The molecule has 0 bridgehead atoms. The maximum atomic E-state index is 10.2. The largest absolute Gasteiger partial charge is 0.497 e. The van der Waals surface area contributed by atoms with Crippen LogP contribution in [0.3, 0.4) is 0 Å². The SMILES string of the molecule is COc1ccc2nc(CNC(O)OC(C)(C)CCOc3ccc(N)c(S)c3)sc2c1. The topological polar surface area (TPSA) is 98.9 Å². The molecular formula is C21H27N3O4S2. The summed E-state index contributed by atoms with van der Waals surface area (Å²) in [5.74, 6) is 1.48. The van der Waals surface area contributed by atoms with Crippen LogP contribution in [-0.4, -0.2) is 35.8 Å². The van der Waals surface area contributed by atoms with Gasteiger partial charge in [-0.3, -0.25) is 5.32 Å². The number of anilines is 1. The van der Waals surface area contributed by atoms with Gasteiger partial charge in [-0.05, 0) is 50.2 Å². The summed E-state index contributed by atoms with van der Waals surface area (Å²) in [7, 11) is 1.64. The van der Waals surface area contributed by atoms with Crippen LogP contribution in [0.2, 0.25) is 0 Å². The number of nitrogens with two attached hydrogens (primary N) is 1. The first kappa shape index (κ1) is 22.6. The number of rotatable bonds is 10. The van der Waals surface area contributed by atoms with Crippen molar-refractivity contribution in [3.8, 4) is 11.5 Å². The van der Waals surface area contributed by atoms with Gasteiger partial charge in [-0.25, -0.2) is 4.98 Å². The molecule has 162 valence electrons. The predicted octanol–water partition coefficient (Wildman–Crippen LogP) is 3.81. The monoisotopic (exact) mass is 449 g/mol. The van der Waals surface area contributed by atoms with Crippen LogP contribution in [0.5, 0.6) is 11.5 Å². The quantitative estimate of drug-likeness (QED) is 0.212. The Balaban J connectivity index is 1.45. The summed E-state index contributed by atoms with van der Waals surface area (Å²) in [4.78, 5) is 5.23. The predicted molar refractivity (Wildman–Crippen MR) is 122 cm³/mol. The number of aliphatic hydroxyl groups excluding tert-OH is 1. The van der Waals surface area contributed by atoms with Crippen LogP contribution in [0.1, 0.15) is 25.3 Å². The molecule has 0 aliphatic carbocycles. The van der Waals surface area contributed by atoms with Crippen LogP contribution >= 0.6 is 24.0 Å². The lowest BCUT2D eigenvalue weighted by Crippen LogP contribution is -2.40. The van der Waals surface area contributed by atoms with E-state index in [2.05, 4.69) is 22.9 Å². The number of aliphatic hydroxyl groups is 1. The Morgan fingerprint density at radius 1 is 1.23 bits per heavy atom. The number of fused-ring (bicyclic) bond motifs is 1. The van der Waals surface area contributed by atoms with Crippen molar-refractivity contribution in [1.29, 1.82) is 0 Å². The molecule has 30 heavy (non-hydrogen) atoms. The molecule has 2 aromatic carbocycles. The highest BCUT2D eigenvalue weighted by atomic mass is 32.1. The minimum atomic E-state index is -1.12. The zero-order valence-corrected chi connectivity index (χ0v) is 18.9. The number of aromatic nitrogens is 1. The molecule has 1 heterocycles. The molecule has 0 amide bonds. The van der Waals surface area contributed by atoms with Crippen molar-refractivity contribution in [2.24, 2.45) is 0 Å². The second-order valence-electron chi connectivity index (χ2n) is 7.37. The van der Waals surface area contributed by atoms with Gasteiger partial charge in [-0.1, -0.05) is 0 Å². The van der Waals surface area contributed by atoms with Gasteiger partial charge in [0.1, 0.15) is 16.5 Å².